The van der Waals surface area contributed by atoms with Crippen molar-refractivity contribution in [2.75, 3.05) is 5.75 Å². The first-order valence-corrected chi connectivity index (χ1v) is 7.85. The lowest BCUT2D eigenvalue weighted by molar-refractivity contribution is -0.146. The molecule has 1 rings (SSSR count). The van der Waals surface area contributed by atoms with Gasteiger partial charge in [0.25, 0.3) is 0 Å². The maximum absolute atomic E-state index is 12.0. The van der Waals surface area contributed by atoms with Crippen LogP contribution < -0.4 is 5.32 Å². The average molecular weight is 314 g/mol. The third kappa shape index (κ3) is 4.73. The van der Waals surface area contributed by atoms with Gasteiger partial charge in [-0.1, -0.05) is 25.1 Å². The first-order valence-electron chi connectivity index (χ1n) is 6.87. The van der Waals surface area contributed by atoms with Crippen LogP contribution in [0, 0.1) is 0 Å². The predicted octanol–water partition coefficient (Wildman–Crippen LogP) is 1.71. The predicted molar refractivity (Wildman–Crippen MR) is 80.2 cm³/mol. The van der Waals surface area contributed by atoms with Gasteiger partial charge in [0.05, 0.1) is 5.75 Å². The molecule has 0 saturated heterocycles. The Hall–Kier alpha value is -1.57. The average Bonchev–Trinajstić information content (AvgIpc) is 2.84. The number of carbonyl (C=O) groups is 2. The first kappa shape index (κ1) is 17.5. The second-order valence-electron chi connectivity index (χ2n) is 5.34. The zero-order valence-corrected chi connectivity index (χ0v) is 13.6. The lowest BCUT2D eigenvalue weighted by Gasteiger charge is -2.25. The molecule has 0 aromatic carbocycles. The van der Waals surface area contributed by atoms with E-state index >= 15 is 0 Å². The summed E-state index contributed by atoms with van der Waals surface area (Å²) >= 11 is 1.25. The molecule has 0 aliphatic carbocycles. The summed E-state index contributed by atoms with van der Waals surface area (Å²) in [6.45, 7) is 7.40. The van der Waals surface area contributed by atoms with Crippen LogP contribution in [0.15, 0.2) is 11.5 Å². The molecule has 8 heteroatoms. The number of amides is 1. The number of aliphatic carboxylic acids is 1. The van der Waals surface area contributed by atoms with Crippen molar-refractivity contribution in [1.29, 1.82) is 0 Å². The van der Waals surface area contributed by atoms with Crippen LogP contribution in [0.25, 0.3) is 0 Å². The van der Waals surface area contributed by atoms with Crippen LogP contribution in [0.1, 0.15) is 46.6 Å². The third-order valence-corrected chi connectivity index (χ3v) is 4.02. The minimum atomic E-state index is -1.22. The van der Waals surface area contributed by atoms with E-state index in [-0.39, 0.29) is 17.7 Å². The number of rotatable bonds is 8. The summed E-state index contributed by atoms with van der Waals surface area (Å²) in [5.74, 6) is -1.23. The maximum Gasteiger partial charge on any atom is 0.329 e. The number of aromatic nitrogens is 3. The van der Waals surface area contributed by atoms with Gasteiger partial charge in [-0.15, -0.1) is 10.2 Å². The van der Waals surface area contributed by atoms with Gasteiger partial charge >= 0.3 is 5.97 Å². The topological polar surface area (TPSA) is 97.1 Å². The molecular weight excluding hydrogens is 292 g/mol. The minimum absolute atomic E-state index is 0.109. The molecule has 1 amide bonds. The van der Waals surface area contributed by atoms with Gasteiger partial charge in [-0.05, 0) is 27.2 Å². The second kappa shape index (κ2) is 7.44. The van der Waals surface area contributed by atoms with Gasteiger partial charge < -0.3 is 15.0 Å². The molecular formula is C13H22N4O3S. The molecule has 0 aliphatic heterocycles. The zero-order valence-electron chi connectivity index (χ0n) is 12.8. The molecule has 0 fully saturated rings. The van der Waals surface area contributed by atoms with Crippen LogP contribution in [0.4, 0.5) is 0 Å². The number of carboxylic acids is 1. The lowest BCUT2D eigenvalue weighted by atomic mass is 9.96. The van der Waals surface area contributed by atoms with Gasteiger partial charge in [0.15, 0.2) is 5.16 Å². The highest BCUT2D eigenvalue weighted by molar-refractivity contribution is 7.99. The van der Waals surface area contributed by atoms with Crippen molar-refractivity contribution >= 4 is 23.6 Å². The van der Waals surface area contributed by atoms with Crippen molar-refractivity contribution in [2.45, 2.75) is 57.3 Å². The Labute approximate surface area is 128 Å². The summed E-state index contributed by atoms with van der Waals surface area (Å²) in [4.78, 5) is 23.2. The summed E-state index contributed by atoms with van der Waals surface area (Å²) in [5.41, 5.74) is -1.22. The highest BCUT2D eigenvalue weighted by Gasteiger charge is 2.33. The van der Waals surface area contributed by atoms with Crippen LogP contribution in [0.3, 0.4) is 0 Å². The SMILES string of the molecule is CCCC(C)(NC(=O)CSc1nncn1C(C)C)C(=O)O. The molecule has 1 aromatic heterocycles. The quantitative estimate of drug-likeness (QED) is 0.709. The van der Waals surface area contributed by atoms with Crippen molar-refractivity contribution in [3.63, 3.8) is 0 Å². The van der Waals surface area contributed by atoms with Gasteiger partial charge in [0.1, 0.15) is 11.9 Å². The van der Waals surface area contributed by atoms with Crippen LogP contribution in [0.5, 0.6) is 0 Å². The Kier molecular flexibility index (Phi) is 6.19. The fraction of sp³-hybridized carbons (Fsp3) is 0.692. The second-order valence-corrected chi connectivity index (χ2v) is 6.28. The molecule has 1 aromatic rings. The Morgan fingerprint density at radius 2 is 2.19 bits per heavy atom. The Morgan fingerprint density at radius 1 is 1.52 bits per heavy atom. The Morgan fingerprint density at radius 3 is 2.71 bits per heavy atom. The number of carboxylic acid groups (broad SMARTS) is 1. The van der Waals surface area contributed by atoms with Crippen molar-refractivity contribution < 1.29 is 14.7 Å². The number of nitrogens with one attached hydrogen (secondary N) is 1. The molecule has 118 valence electrons. The highest BCUT2D eigenvalue weighted by atomic mass is 32.2. The molecule has 21 heavy (non-hydrogen) atoms. The Bertz CT molecular complexity index is 503. The van der Waals surface area contributed by atoms with E-state index < -0.39 is 11.5 Å². The van der Waals surface area contributed by atoms with E-state index in [1.807, 2.05) is 25.3 Å². The number of hydrogen-bond acceptors (Lipinski definition) is 5. The first-order chi connectivity index (χ1) is 9.80. The third-order valence-electron chi connectivity index (χ3n) is 3.07. The smallest absolute Gasteiger partial charge is 0.329 e. The normalized spacial score (nSPS) is 14.0. The van der Waals surface area contributed by atoms with Crippen LogP contribution in [0.2, 0.25) is 0 Å². The fourth-order valence-corrected chi connectivity index (χ4v) is 2.73. The van der Waals surface area contributed by atoms with E-state index in [1.54, 1.807) is 6.33 Å². The summed E-state index contributed by atoms with van der Waals surface area (Å²) in [5, 5.41) is 20.2. The van der Waals surface area contributed by atoms with Crippen molar-refractivity contribution in [3.8, 4) is 0 Å². The number of hydrogen-bond donors (Lipinski definition) is 2. The monoisotopic (exact) mass is 314 g/mol. The standard InChI is InChI=1S/C13H22N4O3S/c1-5-6-13(4,11(19)20)15-10(18)7-21-12-16-14-8-17(12)9(2)3/h8-9H,5-7H2,1-4H3,(H,15,18)(H,19,20). The van der Waals surface area contributed by atoms with E-state index in [9.17, 15) is 14.7 Å². The summed E-state index contributed by atoms with van der Waals surface area (Å²) < 4.78 is 1.86. The van der Waals surface area contributed by atoms with Gasteiger partial charge in [0, 0.05) is 6.04 Å². The van der Waals surface area contributed by atoms with E-state index in [4.69, 9.17) is 0 Å². The molecule has 0 spiro atoms. The summed E-state index contributed by atoms with van der Waals surface area (Å²) in [7, 11) is 0. The van der Waals surface area contributed by atoms with E-state index in [2.05, 4.69) is 15.5 Å². The molecule has 0 bridgehead atoms. The van der Waals surface area contributed by atoms with Gasteiger partial charge in [-0.25, -0.2) is 4.79 Å². The van der Waals surface area contributed by atoms with E-state index in [0.717, 1.165) is 0 Å². The van der Waals surface area contributed by atoms with Crippen molar-refractivity contribution in [2.24, 2.45) is 0 Å². The minimum Gasteiger partial charge on any atom is -0.480 e. The maximum atomic E-state index is 12.0. The molecule has 0 saturated carbocycles. The van der Waals surface area contributed by atoms with Crippen LogP contribution >= 0.6 is 11.8 Å². The Balaban J connectivity index is 2.61. The van der Waals surface area contributed by atoms with Crippen LogP contribution in [-0.2, 0) is 9.59 Å². The number of nitrogens with zero attached hydrogens (tertiary/aromatic N) is 3. The van der Waals surface area contributed by atoms with Crippen LogP contribution in [-0.4, -0.2) is 43.0 Å². The molecule has 0 radical (unpaired) electrons. The molecule has 1 unspecified atom stereocenters. The summed E-state index contributed by atoms with van der Waals surface area (Å²) in [6, 6.07) is 0.204. The van der Waals surface area contributed by atoms with Crippen molar-refractivity contribution in [1.82, 2.24) is 20.1 Å². The lowest BCUT2D eigenvalue weighted by Crippen LogP contribution is -2.52. The van der Waals surface area contributed by atoms with Gasteiger partial charge in [0.2, 0.25) is 5.91 Å². The van der Waals surface area contributed by atoms with Gasteiger partial charge in [-0.2, -0.15) is 0 Å². The van der Waals surface area contributed by atoms with Gasteiger partial charge in [-0.3, -0.25) is 4.79 Å². The molecule has 2 N–H and O–H groups in total. The molecule has 1 atom stereocenters. The largest absolute Gasteiger partial charge is 0.480 e. The molecule has 7 nitrogen and oxygen atoms in total. The van der Waals surface area contributed by atoms with Crippen molar-refractivity contribution in [3.05, 3.63) is 6.33 Å². The van der Waals surface area contributed by atoms with E-state index in [0.29, 0.717) is 18.0 Å². The molecule has 0 aliphatic rings. The zero-order chi connectivity index (χ0) is 16.0. The van der Waals surface area contributed by atoms with E-state index in [1.165, 1.54) is 18.7 Å². The molecule has 1 heterocycles. The fourth-order valence-electron chi connectivity index (χ4n) is 1.89. The number of carbonyl (C=O) groups excluding carboxylic acids is 1. The number of thioether (sulfide) groups is 1. The summed E-state index contributed by atoms with van der Waals surface area (Å²) in [6.07, 6.45) is 2.68. The highest BCUT2D eigenvalue weighted by Crippen LogP contribution is 2.19.